The van der Waals surface area contributed by atoms with Crippen LogP contribution in [0.5, 0.6) is 5.75 Å². The third-order valence-electron chi connectivity index (χ3n) is 3.21. The number of nitrogens with two attached hydrogens (primary N) is 1. The number of carbonyl (C=O) groups excluding carboxylic acids is 2. The molecule has 130 valence electrons. The van der Waals surface area contributed by atoms with Crippen molar-refractivity contribution in [2.24, 2.45) is 10.7 Å². The minimum absolute atomic E-state index is 0.0522. The van der Waals surface area contributed by atoms with Crippen molar-refractivity contribution in [2.45, 2.75) is 0 Å². The van der Waals surface area contributed by atoms with Crippen LogP contribution in [0.3, 0.4) is 0 Å². The summed E-state index contributed by atoms with van der Waals surface area (Å²) in [7, 11) is 4.82. The van der Waals surface area contributed by atoms with Crippen LogP contribution in [-0.2, 0) is 0 Å². The summed E-state index contributed by atoms with van der Waals surface area (Å²) in [6.07, 6.45) is 1.31. The van der Waals surface area contributed by atoms with E-state index in [1.165, 1.54) is 23.2 Å². The average molecular weight is 341 g/mol. The van der Waals surface area contributed by atoms with Crippen molar-refractivity contribution < 1.29 is 14.3 Å². The number of ether oxygens (including phenoxy) is 1. The molecule has 0 aliphatic rings. The zero-order valence-electron chi connectivity index (χ0n) is 14.2. The minimum Gasteiger partial charge on any atom is -0.497 e. The fraction of sp³-hybridized carbons (Fsp3) is 0.176. The lowest BCUT2D eigenvalue weighted by molar-refractivity contribution is 0.0821. The van der Waals surface area contributed by atoms with E-state index in [1.54, 1.807) is 45.5 Å². The molecule has 0 radical (unpaired) electrons. The molecule has 0 unspecified atom stereocenters. The van der Waals surface area contributed by atoms with E-state index in [0.717, 1.165) is 0 Å². The number of hydrogen-bond donors (Lipinski definition) is 2. The lowest BCUT2D eigenvalue weighted by atomic mass is 10.2. The first-order valence-corrected chi connectivity index (χ1v) is 7.38. The maximum absolute atomic E-state index is 12.1. The fourth-order valence-corrected chi connectivity index (χ4v) is 1.90. The van der Waals surface area contributed by atoms with Gasteiger partial charge in [0.05, 0.1) is 18.4 Å². The van der Waals surface area contributed by atoms with Crippen molar-refractivity contribution in [3.05, 3.63) is 53.9 Å². The monoisotopic (exact) mass is 341 g/mol. The standard InChI is InChI=1S/C17H19N5O3/c1-22(2)16(24)14-9-4-11(10-19-14)15(23)21-17(18)20-12-5-7-13(25-3)8-6-12/h4-10H,1-3H3,(H3,18,20,21,23). The van der Waals surface area contributed by atoms with Crippen LogP contribution >= 0.6 is 0 Å². The number of aromatic nitrogens is 1. The van der Waals surface area contributed by atoms with Crippen molar-refractivity contribution >= 4 is 23.5 Å². The van der Waals surface area contributed by atoms with Gasteiger partial charge < -0.3 is 15.4 Å². The third-order valence-corrected chi connectivity index (χ3v) is 3.21. The fourth-order valence-electron chi connectivity index (χ4n) is 1.90. The molecule has 8 nitrogen and oxygen atoms in total. The number of guanidine groups is 1. The summed E-state index contributed by atoms with van der Waals surface area (Å²) in [5, 5.41) is 2.47. The van der Waals surface area contributed by atoms with E-state index in [9.17, 15) is 9.59 Å². The molecule has 1 aromatic heterocycles. The second-order valence-electron chi connectivity index (χ2n) is 5.28. The average Bonchev–Trinajstić information content (AvgIpc) is 2.61. The van der Waals surface area contributed by atoms with Crippen molar-refractivity contribution in [3.63, 3.8) is 0 Å². The van der Waals surface area contributed by atoms with Crippen LogP contribution in [0.25, 0.3) is 0 Å². The molecule has 0 saturated carbocycles. The predicted molar refractivity (Wildman–Crippen MR) is 94.0 cm³/mol. The molecule has 0 fully saturated rings. The summed E-state index contributed by atoms with van der Waals surface area (Å²) < 4.78 is 5.05. The molecule has 1 aromatic carbocycles. The Morgan fingerprint density at radius 2 is 1.84 bits per heavy atom. The Morgan fingerprint density at radius 3 is 2.36 bits per heavy atom. The number of benzene rings is 1. The van der Waals surface area contributed by atoms with E-state index in [-0.39, 0.29) is 23.1 Å². The van der Waals surface area contributed by atoms with E-state index < -0.39 is 5.91 Å². The number of carbonyl (C=O) groups is 2. The first-order valence-electron chi connectivity index (χ1n) is 7.38. The highest BCUT2D eigenvalue weighted by Gasteiger charge is 2.12. The molecular weight excluding hydrogens is 322 g/mol. The van der Waals surface area contributed by atoms with Gasteiger partial charge in [-0.05, 0) is 36.4 Å². The van der Waals surface area contributed by atoms with Crippen LogP contribution in [0, 0.1) is 0 Å². The summed E-state index contributed by atoms with van der Waals surface area (Å²) in [6, 6.07) is 9.87. The van der Waals surface area contributed by atoms with Gasteiger partial charge in [0.15, 0.2) is 0 Å². The van der Waals surface area contributed by atoms with E-state index >= 15 is 0 Å². The van der Waals surface area contributed by atoms with E-state index in [0.29, 0.717) is 11.4 Å². The van der Waals surface area contributed by atoms with Crippen molar-refractivity contribution in [3.8, 4) is 5.75 Å². The molecule has 25 heavy (non-hydrogen) atoms. The molecule has 2 aromatic rings. The van der Waals surface area contributed by atoms with Gasteiger partial charge in [-0.15, -0.1) is 0 Å². The summed E-state index contributed by atoms with van der Waals surface area (Å²) in [6.45, 7) is 0. The largest absolute Gasteiger partial charge is 0.497 e. The number of pyridine rings is 1. The van der Waals surface area contributed by atoms with Crippen LogP contribution in [0.4, 0.5) is 5.69 Å². The lowest BCUT2D eigenvalue weighted by Gasteiger charge is -2.09. The molecule has 2 amide bonds. The smallest absolute Gasteiger partial charge is 0.271 e. The quantitative estimate of drug-likeness (QED) is 0.641. The highest BCUT2D eigenvalue weighted by molar-refractivity contribution is 6.05. The van der Waals surface area contributed by atoms with Gasteiger partial charge in [-0.3, -0.25) is 19.9 Å². The van der Waals surface area contributed by atoms with E-state index in [1.807, 2.05) is 0 Å². The summed E-state index contributed by atoms with van der Waals surface area (Å²) >= 11 is 0. The summed E-state index contributed by atoms with van der Waals surface area (Å²) in [5.41, 5.74) is 6.83. The third kappa shape index (κ3) is 4.77. The Bertz CT molecular complexity index is 783. The van der Waals surface area contributed by atoms with Gasteiger partial charge in [-0.2, -0.15) is 0 Å². The van der Waals surface area contributed by atoms with Gasteiger partial charge in [0.1, 0.15) is 11.4 Å². The van der Waals surface area contributed by atoms with Crippen LogP contribution < -0.4 is 15.8 Å². The maximum Gasteiger partial charge on any atom is 0.271 e. The van der Waals surface area contributed by atoms with Crippen LogP contribution in [0.1, 0.15) is 20.8 Å². The van der Waals surface area contributed by atoms with Gasteiger partial charge in [-0.1, -0.05) is 0 Å². The van der Waals surface area contributed by atoms with E-state index in [2.05, 4.69) is 15.3 Å². The number of nitrogens with one attached hydrogen (secondary N) is 1. The van der Waals surface area contributed by atoms with Crippen molar-refractivity contribution in [1.29, 1.82) is 0 Å². The predicted octanol–water partition coefficient (Wildman–Crippen LogP) is 1.17. The number of hydrogen-bond acceptors (Lipinski definition) is 5. The van der Waals surface area contributed by atoms with Gasteiger partial charge >= 0.3 is 0 Å². The maximum atomic E-state index is 12.1. The minimum atomic E-state index is -0.467. The first kappa shape index (κ1) is 17.9. The molecule has 0 aliphatic carbocycles. The molecule has 0 aliphatic heterocycles. The highest BCUT2D eigenvalue weighted by Crippen LogP contribution is 2.17. The Morgan fingerprint density at radius 1 is 1.16 bits per heavy atom. The molecule has 8 heteroatoms. The second-order valence-corrected chi connectivity index (χ2v) is 5.28. The Kier molecular flexibility index (Phi) is 5.67. The molecule has 2 rings (SSSR count). The number of amides is 2. The van der Waals surface area contributed by atoms with Gasteiger partial charge in [0, 0.05) is 20.3 Å². The van der Waals surface area contributed by atoms with Crippen LogP contribution in [0.15, 0.2) is 47.6 Å². The zero-order chi connectivity index (χ0) is 18.4. The summed E-state index contributed by atoms with van der Waals surface area (Å²) in [5.74, 6) is -0.0674. The Balaban J connectivity index is 2.05. The SMILES string of the molecule is COc1ccc(N=C(N)NC(=O)c2ccc(C(=O)N(C)C)nc2)cc1. The molecular formula is C17H19N5O3. The molecule has 1 heterocycles. The second kappa shape index (κ2) is 7.91. The molecule has 0 bridgehead atoms. The number of methoxy groups -OCH3 is 1. The molecule has 0 saturated heterocycles. The number of nitrogens with zero attached hydrogens (tertiary/aromatic N) is 3. The molecule has 0 spiro atoms. The van der Waals surface area contributed by atoms with Gasteiger partial charge in [-0.25, -0.2) is 4.99 Å². The molecule has 3 N–H and O–H groups in total. The molecule has 0 atom stereocenters. The topological polar surface area (TPSA) is 110 Å². The van der Waals surface area contributed by atoms with Crippen molar-refractivity contribution in [2.75, 3.05) is 21.2 Å². The summed E-state index contributed by atoms with van der Waals surface area (Å²) in [4.78, 5) is 33.4. The van der Waals surface area contributed by atoms with Gasteiger partial charge in [0.25, 0.3) is 11.8 Å². The van der Waals surface area contributed by atoms with E-state index in [4.69, 9.17) is 10.5 Å². The first-order chi connectivity index (χ1) is 11.9. The normalized spacial score (nSPS) is 10.9. The zero-order valence-corrected chi connectivity index (χ0v) is 14.2. The van der Waals surface area contributed by atoms with Crippen molar-refractivity contribution in [1.82, 2.24) is 15.2 Å². The van der Waals surface area contributed by atoms with Crippen LogP contribution in [-0.4, -0.2) is 48.9 Å². The Labute approximate surface area is 145 Å². The Hall–Kier alpha value is -3.42. The van der Waals surface area contributed by atoms with Crippen LogP contribution in [0.2, 0.25) is 0 Å². The highest BCUT2D eigenvalue weighted by atomic mass is 16.5. The number of rotatable bonds is 4. The lowest BCUT2D eigenvalue weighted by Crippen LogP contribution is -2.36. The van der Waals surface area contributed by atoms with Gasteiger partial charge in [0.2, 0.25) is 5.96 Å². The number of aliphatic imine (C=N–C) groups is 1.